The molecular weight excluding hydrogens is 152 g/mol. The smallest absolute Gasteiger partial charge is 0.334 e. The molecule has 66 valence electrons. The molecule has 0 radical (unpaired) electrons. The molecule has 0 atom stereocenters. The summed E-state index contributed by atoms with van der Waals surface area (Å²) in [6, 6.07) is 0. The van der Waals surface area contributed by atoms with Gasteiger partial charge in [-0.25, -0.2) is 4.79 Å². The van der Waals surface area contributed by atoms with Crippen LogP contribution in [0.3, 0.4) is 0 Å². The Kier molecular flexibility index (Phi) is 2.09. The minimum absolute atomic E-state index is 0.217. The fourth-order valence-corrected chi connectivity index (χ4v) is 1.27. The molecule has 0 saturated heterocycles. The third-order valence-corrected chi connectivity index (χ3v) is 2.05. The average Bonchev–Trinajstić information content (AvgIpc) is 1.96. The van der Waals surface area contributed by atoms with Gasteiger partial charge in [0.15, 0.2) is 0 Å². The third-order valence-electron chi connectivity index (χ3n) is 2.05. The summed E-state index contributed by atoms with van der Waals surface area (Å²) in [7, 11) is 0. The highest BCUT2D eigenvalue weighted by atomic mass is 16.6. The first-order valence-corrected chi connectivity index (χ1v) is 4.06. The zero-order chi connectivity index (χ0) is 9.35. The number of rotatable bonds is 0. The molecule has 1 aliphatic heterocycles. The Morgan fingerprint density at radius 1 is 1.50 bits per heavy atom. The Morgan fingerprint density at radius 2 is 2.08 bits per heavy atom. The maximum absolute atomic E-state index is 11.2. The first-order chi connectivity index (χ1) is 5.47. The van der Waals surface area contributed by atoms with Crippen molar-refractivity contribution < 1.29 is 9.53 Å². The van der Waals surface area contributed by atoms with Gasteiger partial charge in [0.2, 0.25) is 0 Å². The number of hydrogen-bond acceptors (Lipinski definition) is 2. The molecule has 0 aliphatic carbocycles. The van der Waals surface area contributed by atoms with Crippen molar-refractivity contribution in [2.24, 2.45) is 0 Å². The zero-order valence-electron chi connectivity index (χ0n) is 7.97. The normalized spacial score (nSPS) is 25.2. The average molecular weight is 166 g/mol. The van der Waals surface area contributed by atoms with E-state index in [4.69, 9.17) is 4.74 Å². The summed E-state index contributed by atoms with van der Waals surface area (Å²) >= 11 is 0. The number of carbonyl (C=O) groups is 1. The molecule has 2 heteroatoms. The maximum Gasteiger partial charge on any atom is 0.334 e. The molecule has 1 rings (SSSR count). The van der Waals surface area contributed by atoms with Crippen LogP contribution < -0.4 is 0 Å². The largest absolute Gasteiger partial charge is 0.451 e. The van der Waals surface area contributed by atoms with Crippen molar-refractivity contribution in [1.29, 1.82) is 0 Å². The molecule has 0 spiro atoms. The molecule has 0 aromatic carbocycles. The standard InChI is InChI=1S/C10H14O2/c1-5-8-6-7(2)9(11)12-10(8,3)4/h5-6H,1-4H3. The minimum atomic E-state index is -0.467. The molecule has 0 N–H and O–H groups in total. The van der Waals surface area contributed by atoms with E-state index >= 15 is 0 Å². The lowest BCUT2D eigenvalue weighted by atomic mass is 9.93. The van der Waals surface area contributed by atoms with Gasteiger partial charge in [-0.05, 0) is 39.3 Å². The van der Waals surface area contributed by atoms with Gasteiger partial charge in [0.25, 0.3) is 0 Å². The summed E-state index contributed by atoms with van der Waals surface area (Å²) in [5.74, 6) is -0.217. The predicted molar refractivity (Wildman–Crippen MR) is 47.7 cm³/mol. The van der Waals surface area contributed by atoms with E-state index < -0.39 is 5.60 Å². The summed E-state index contributed by atoms with van der Waals surface area (Å²) in [4.78, 5) is 11.2. The summed E-state index contributed by atoms with van der Waals surface area (Å²) < 4.78 is 5.21. The van der Waals surface area contributed by atoms with E-state index in [1.165, 1.54) is 0 Å². The Morgan fingerprint density at radius 3 is 2.58 bits per heavy atom. The lowest BCUT2D eigenvalue weighted by Gasteiger charge is -2.30. The SMILES string of the molecule is CC=C1C=C(C)C(=O)OC1(C)C. The molecule has 0 bridgehead atoms. The second kappa shape index (κ2) is 2.77. The quantitative estimate of drug-likeness (QED) is 0.516. The van der Waals surface area contributed by atoms with Crippen LogP contribution in [0.1, 0.15) is 27.7 Å². The van der Waals surface area contributed by atoms with Crippen LogP contribution in [0, 0.1) is 0 Å². The number of ether oxygens (including phenoxy) is 1. The van der Waals surface area contributed by atoms with E-state index in [0.29, 0.717) is 5.57 Å². The van der Waals surface area contributed by atoms with Crippen LogP contribution in [-0.4, -0.2) is 11.6 Å². The number of carbonyl (C=O) groups excluding carboxylic acids is 1. The highest BCUT2D eigenvalue weighted by Gasteiger charge is 2.30. The number of hydrogen-bond donors (Lipinski definition) is 0. The van der Waals surface area contributed by atoms with Gasteiger partial charge in [0, 0.05) is 5.57 Å². The maximum atomic E-state index is 11.2. The lowest BCUT2D eigenvalue weighted by molar-refractivity contribution is -0.149. The fourth-order valence-electron chi connectivity index (χ4n) is 1.27. The first-order valence-electron chi connectivity index (χ1n) is 4.06. The van der Waals surface area contributed by atoms with Gasteiger partial charge in [0.05, 0.1) is 0 Å². The molecule has 0 unspecified atom stereocenters. The zero-order valence-corrected chi connectivity index (χ0v) is 7.97. The monoisotopic (exact) mass is 166 g/mol. The summed E-state index contributed by atoms with van der Waals surface area (Å²) in [6.45, 7) is 7.49. The van der Waals surface area contributed by atoms with Crippen LogP contribution in [0.5, 0.6) is 0 Å². The first kappa shape index (κ1) is 9.04. The highest BCUT2D eigenvalue weighted by Crippen LogP contribution is 2.28. The van der Waals surface area contributed by atoms with Gasteiger partial charge < -0.3 is 4.74 Å². The van der Waals surface area contributed by atoms with E-state index in [1.807, 2.05) is 32.9 Å². The molecule has 12 heavy (non-hydrogen) atoms. The fraction of sp³-hybridized carbons (Fsp3) is 0.500. The van der Waals surface area contributed by atoms with Gasteiger partial charge in [-0.1, -0.05) is 6.08 Å². The van der Waals surface area contributed by atoms with Crippen molar-refractivity contribution in [3.63, 3.8) is 0 Å². The van der Waals surface area contributed by atoms with E-state index in [0.717, 1.165) is 5.57 Å². The van der Waals surface area contributed by atoms with Gasteiger partial charge >= 0.3 is 5.97 Å². The summed E-state index contributed by atoms with van der Waals surface area (Å²) in [5.41, 5.74) is 1.26. The van der Waals surface area contributed by atoms with Crippen molar-refractivity contribution in [2.75, 3.05) is 0 Å². The van der Waals surface area contributed by atoms with Crippen LogP contribution in [0.2, 0.25) is 0 Å². The van der Waals surface area contributed by atoms with Crippen LogP contribution in [0.15, 0.2) is 23.3 Å². The Labute approximate surface area is 72.9 Å². The van der Waals surface area contributed by atoms with E-state index in [-0.39, 0.29) is 5.97 Å². The number of esters is 1. The molecular formula is C10H14O2. The predicted octanol–water partition coefficient (Wildman–Crippen LogP) is 2.21. The van der Waals surface area contributed by atoms with Crippen LogP contribution >= 0.6 is 0 Å². The Hall–Kier alpha value is -1.05. The highest BCUT2D eigenvalue weighted by molar-refractivity contribution is 5.90. The molecule has 1 heterocycles. The van der Waals surface area contributed by atoms with Gasteiger partial charge in [-0.2, -0.15) is 0 Å². The molecule has 2 nitrogen and oxygen atoms in total. The van der Waals surface area contributed by atoms with E-state index in [9.17, 15) is 4.79 Å². The third kappa shape index (κ3) is 1.42. The van der Waals surface area contributed by atoms with Gasteiger partial charge in [-0.3, -0.25) is 0 Å². The molecule has 0 aromatic heterocycles. The number of cyclic esters (lactones) is 1. The van der Waals surface area contributed by atoms with Crippen LogP contribution in [0.4, 0.5) is 0 Å². The van der Waals surface area contributed by atoms with Crippen LogP contribution in [0.25, 0.3) is 0 Å². The van der Waals surface area contributed by atoms with Gasteiger partial charge in [-0.15, -0.1) is 0 Å². The topological polar surface area (TPSA) is 26.3 Å². The molecule has 0 aromatic rings. The van der Waals surface area contributed by atoms with Crippen molar-refractivity contribution >= 4 is 5.97 Å². The van der Waals surface area contributed by atoms with Crippen molar-refractivity contribution in [3.8, 4) is 0 Å². The minimum Gasteiger partial charge on any atom is -0.451 e. The van der Waals surface area contributed by atoms with Crippen molar-refractivity contribution in [3.05, 3.63) is 23.3 Å². The molecule has 0 saturated carbocycles. The van der Waals surface area contributed by atoms with E-state index in [2.05, 4.69) is 0 Å². The Bertz CT molecular complexity index is 270. The van der Waals surface area contributed by atoms with E-state index in [1.54, 1.807) is 6.92 Å². The van der Waals surface area contributed by atoms with Crippen LogP contribution in [-0.2, 0) is 9.53 Å². The summed E-state index contributed by atoms with van der Waals surface area (Å²) in [6.07, 6.45) is 3.85. The van der Waals surface area contributed by atoms with Crippen molar-refractivity contribution in [1.82, 2.24) is 0 Å². The van der Waals surface area contributed by atoms with Gasteiger partial charge in [0.1, 0.15) is 5.60 Å². The van der Waals surface area contributed by atoms with Crippen molar-refractivity contribution in [2.45, 2.75) is 33.3 Å². The molecule has 0 amide bonds. The second-order valence-corrected chi connectivity index (χ2v) is 3.47. The number of allylic oxidation sites excluding steroid dienone is 1. The molecule has 0 fully saturated rings. The second-order valence-electron chi connectivity index (χ2n) is 3.47. The lowest BCUT2D eigenvalue weighted by Crippen LogP contribution is -2.33. The Balaban J connectivity index is 3.11. The summed E-state index contributed by atoms with van der Waals surface area (Å²) in [5, 5.41) is 0. The molecule has 1 aliphatic rings.